The van der Waals surface area contributed by atoms with E-state index in [-0.39, 0.29) is 0 Å². The van der Waals surface area contributed by atoms with E-state index in [1.54, 1.807) is 6.20 Å². The highest BCUT2D eigenvalue weighted by molar-refractivity contribution is 5.43. The van der Waals surface area contributed by atoms with E-state index in [0.29, 0.717) is 12.0 Å². The zero-order valence-corrected chi connectivity index (χ0v) is 9.47. The Labute approximate surface area is 95.9 Å². The van der Waals surface area contributed by atoms with Crippen molar-refractivity contribution in [2.75, 3.05) is 17.2 Å². The molecule has 0 spiro atoms. The summed E-state index contributed by atoms with van der Waals surface area (Å²) in [5.41, 5.74) is 5.65. The average Bonchev–Trinajstić information content (AvgIpc) is 2.72. The van der Waals surface area contributed by atoms with E-state index in [0.717, 1.165) is 18.3 Å². The maximum Gasteiger partial charge on any atom is 0.221 e. The van der Waals surface area contributed by atoms with Crippen LogP contribution in [0.3, 0.4) is 0 Å². The van der Waals surface area contributed by atoms with Crippen LogP contribution >= 0.6 is 0 Å². The minimum Gasteiger partial charge on any atom is -0.368 e. The summed E-state index contributed by atoms with van der Waals surface area (Å²) in [6, 6.07) is 2.68. The molecule has 1 aromatic heterocycles. The van der Waals surface area contributed by atoms with Gasteiger partial charge in [-0.3, -0.25) is 0 Å². The number of nitrogens with zero attached hydrogens (tertiary/aromatic N) is 3. The van der Waals surface area contributed by atoms with Gasteiger partial charge in [0.2, 0.25) is 5.95 Å². The minimum absolute atomic E-state index is 0.386. The summed E-state index contributed by atoms with van der Waals surface area (Å²) in [5.74, 6) is 2.28. The van der Waals surface area contributed by atoms with E-state index in [1.165, 1.54) is 32.1 Å². The third kappa shape index (κ3) is 1.62. The molecule has 1 saturated carbocycles. The zero-order chi connectivity index (χ0) is 11.0. The Bertz CT molecular complexity index is 379. The standard InChI is InChI=1S/C12H18N4/c13-12-14-7-5-11(15-12)16-8-6-9-3-1-2-4-10(9)16/h5,7,9-10H,1-4,6,8H2,(H2,13,14,15). The van der Waals surface area contributed by atoms with Gasteiger partial charge in [0.25, 0.3) is 0 Å². The lowest BCUT2D eigenvalue weighted by Crippen LogP contribution is -2.35. The monoisotopic (exact) mass is 218 g/mol. The SMILES string of the molecule is Nc1nccc(N2CCC3CCCCC32)n1. The first kappa shape index (κ1) is 9.87. The van der Waals surface area contributed by atoms with E-state index in [1.807, 2.05) is 6.07 Å². The van der Waals surface area contributed by atoms with Crippen molar-refractivity contribution in [1.29, 1.82) is 0 Å². The summed E-state index contributed by atoms with van der Waals surface area (Å²) < 4.78 is 0. The van der Waals surface area contributed by atoms with E-state index in [9.17, 15) is 0 Å². The van der Waals surface area contributed by atoms with Crippen molar-refractivity contribution in [3.8, 4) is 0 Å². The molecule has 1 aromatic rings. The number of hydrogen-bond donors (Lipinski definition) is 1. The Morgan fingerprint density at radius 1 is 1.25 bits per heavy atom. The van der Waals surface area contributed by atoms with Crippen LogP contribution in [0.2, 0.25) is 0 Å². The quantitative estimate of drug-likeness (QED) is 0.781. The number of aromatic nitrogens is 2. The highest BCUT2D eigenvalue weighted by atomic mass is 15.3. The fourth-order valence-corrected chi connectivity index (χ4v) is 3.21. The van der Waals surface area contributed by atoms with E-state index in [2.05, 4.69) is 14.9 Å². The van der Waals surface area contributed by atoms with Crippen LogP contribution in [0.25, 0.3) is 0 Å². The van der Waals surface area contributed by atoms with Crippen molar-refractivity contribution in [1.82, 2.24) is 9.97 Å². The molecular weight excluding hydrogens is 200 g/mol. The van der Waals surface area contributed by atoms with Gasteiger partial charge in [-0.15, -0.1) is 0 Å². The lowest BCUT2D eigenvalue weighted by molar-refractivity contribution is 0.341. The largest absolute Gasteiger partial charge is 0.368 e. The lowest BCUT2D eigenvalue weighted by atomic mass is 9.85. The van der Waals surface area contributed by atoms with Gasteiger partial charge in [0, 0.05) is 18.8 Å². The van der Waals surface area contributed by atoms with Gasteiger partial charge in [0.05, 0.1) is 0 Å². The highest BCUT2D eigenvalue weighted by Gasteiger charge is 2.36. The van der Waals surface area contributed by atoms with E-state index in [4.69, 9.17) is 5.73 Å². The predicted molar refractivity (Wildman–Crippen MR) is 64.2 cm³/mol. The topological polar surface area (TPSA) is 55.0 Å². The molecular formula is C12H18N4. The van der Waals surface area contributed by atoms with Gasteiger partial charge in [-0.2, -0.15) is 4.98 Å². The number of anilines is 2. The Balaban J connectivity index is 1.85. The average molecular weight is 218 g/mol. The second kappa shape index (κ2) is 3.92. The zero-order valence-electron chi connectivity index (χ0n) is 9.47. The Morgan fingerprint density at radius 2 is 2.12 bits per heavy atom. The number of rotatable bonds is 1. The number of nitrogen functional groups attached to an aromatic ring is 1. The van der Waals surface area contributed by atoms with Gasteiger partial charge in [0.1, 0.15) is 5.82 Å². The van der Waals surface area contributed by atoms with Crippen LogP contribution in [0.15, 0.2) is 12.3 Å². The molecule has 2 unspecified atom stereocenters. The van der Waals surface area contributed by atoms with Gasteiger partial charge in [-0.25, -0.2) is 4.98 Å². The fourth-order valence-electron chi connectivity index (χ4n) is 3.21. The van der Waals surface area contributed by atoms with E-state index < -0.39 is 0 Å². The Kier molecular flexibility index (Phi) is 2.42. The van der Waals surface area contributed by atoms with Crippen molar-refractivity contribution in [2.45, 2.75) is 38.1 Å². The number of hydrogen-bond acceptors (Lipinski definition) is 4. The van der Waals surface area contributed by atoms with Gasteiger partial charge in [0.15, 0.2) is 0 Å². The smallest absolute Gasteiger partial charge is 0.221 e. The van der Waals surface area contributed by atoms with Crippen LogP contribution in [0.5, 0.6) is 0 Å². The number of fused-ring (bicyclic) bond motifs is 1. The molecule has 0 aromatic carbocycles. The lowest BCUT2D eigenvalue weighted by Gasteiger charge is -2.32. The molecule has 16 heavy (non-hydrogen) atoms. The molecule has 0 amide bonds. The van der Waals surface area contributed by atoms with Gasteiger partial charge < -0.3 is 10.6 Å². The van der Waals surface area contributed by atoms with Crippen LogP contribution in [-0.4, -0.2) is 22.6 Å². The maximum atomic E-state index is 5.65. The molecule has 4 heteroatoms. The normalized spacial score (nSPS) is 29.1. The molecule has 86 valence electrons. The Morgan fingerprint density at radius 3 is 3.00 bits per heavy atom. The van der Waals surface area contributed by atoms with E-state index >= 15 is 0 Å². The second-order valence-electron chi connectivity index (χ2n) is 4.87. The molecule has 4 nitrogen and oxygen atoms in total. The summed E-state index contributed by atoms with van der Waals surface area (Å²) >= 11 is 0. The van der Waals surface area contributed by atoms with Crippen molar-refractivity contribution >= 4 is 11.8 Å². The van der Waals surface area contributed by atoms with Gasteiger partial charge in [-0.1, -0.05) is 12.8 Å². The summed E-state index contributed by atoms with van der Waals surface area (Å²) in [6.45, 7) is 1.13. The molecule has 1 aliphatic heterocycles. The molecule has 0 bridgehead atoms. The molecule has 1 aliphatic carbocycles. The van der Waals surface area contributed by atoms with Crippen LogP contribution in [-0.2, 0) is 0 Å². The van der Waals surface area contributed by atoms with Crippen molar-refractivity contribution in [2.24, 2.45) is 5.92 Å². The molecule has 2 atom stereocenters. The minimum atomic E-state index is 0.386. The van der Waals surface area contributed by atoms with Crippen LogP contribution < -0.4 is 10.6 Å². The van der Waals surface area contributed by atoms with Gasteiger partial charge in [-0.05, 0) is 31.2 Å². The van der Waals surface area contributed by atoms with Gasteiger partial charge >= 0.3 is 0 Å². The third-order valence-electron chi connectivity index (χ3n) is 3.96. The third-order valence-corrected chi connectivity index (χ3v) is 3.96. The summed E-state index contributed by atoms with van der Waals surface area (Å²) in [4.78, 5) is 10.7. The molecule has 2 N–H and O–H groups in total. The molecule has 2 heterocycles. The van der Waals surface area contributed by atoms with Crippen LogP contribution in [0.1, 0.15) is 32.1 Å². The summed E-state index contributed by atoms with van der Waals surface area (Å²) in [7, 11) is 0. The van der Waals surface area contributed by atoms with Crippen molar-refractivity contribution in [3.05, 3.63) is 12.3 Å². The fraction of sp³-hybridized carbons (Fsp3) is 0.667. The second-order valence-corrected chi connectivity index (χ2v) is 4.87. The molecule has 1 saturated heterocycles. The Hall–Kier alpha value is -1.32. The molecule has 2 aliphatic rings. The first-order chi connectivity index (χ1) is 7.84. The first-order valence-corrected chi connectivity index (χ1v) is 6.20. The maximum absolute atomic E-state index is 5.65. The molecule has 0 radical (unpaired) electrons. The first-order valence-electron chi connectivity index (χ1n) is 6.20. The molecule has 2 fully saturated rings. The summed E-state index contributed by atoms with van der Waals surface area (Å²) in [5, 5.41) is 0. The van der Waals surface area contributed by atoms with Crippen LogP contribution in [0, 0.1) is 5.92 Å². The van der Waals surface area contributed by atoms with Crippen molar-refractivity contribution in [3.63, 3.8) is 0 Å². The van der Waals surface area contributed by atoms with Crippen molar-refractivity contribution < 1.29 is 0 Å². The molecule has 3 rings (SSSR count). The van der Waals surface area contributed by atoms with Crippen LogP contribution in [0.4, 0.5) is 11.8 Å². The highest BCUT2D eigenvalue weighted by Crippen LogP contribution is 2.38. The predicted octanol–water partition coefficient (Wildman–Crippen LogP) is 1.83. The number of nitrogens with two attached hydrogens (primary N) is 1. The summed E-state index contributed by atoms with van der Waals surface area (Å²) in [6.07, 6.45) is 8.54.